The molecule has 0 aliphatic rings. The number of allylic oxidation sites excluding steroid dienone is 4. The molecule has 0 aliphatic heterocycles. The Bertz CT molecular complexity index is 105. The van der Waals surface area contributed by atoms with E-state index in [0.717, 1.165) is 5.57 Å². The summed E-state index contributed by atoms with van der Waals surface area (Å²) in [5.41, 5.74) is 1.06. The van der Waals surface area contributed by atoms with Crippen molar-refractivity contribution < 1.29 is 5.48 Å². The van der Waals surface area contributed by atoms with Crippen LogP contribution in [0.25, 0.3) is 0 Å². The zero-order valence-corrected chi connectivity index (χ0v) is 7.27. The van der Waals surface area contributed by atoms with Crippen molar-refractivity contribution in [2.75, 3.05) is 0 Å². The molecule has 0 atom stereocenters. The summed E-state index contributed by atoms with van der Waals surface area (Å²) in [6, 6.07) is 0. The third-order valence-corrected chi connectivity index (χ3v) is 0.517. The number of hydrogen-bond acceptors (Lipinski definition) is 0. The van der Waals surface area contributed by atoms with Gasteiger partial charge in [0.1, 0.15) is 0 Å². The van der Waals surface area contributed by atoms with E-state index in [1.165, 1.54) is 0 Å². The first-order valence-electron chi connectivity index (χ1n) is 2.22. The molecule has 0 spiro atoms. The van der Waals surface area contributed by atoms with Crippen LogP contribution < -0.4 is 0 Å². The number of rotatable bonds is 2. The molecule has 0 aromatic heterocycles. The fourth-order valence-electron chi connectivity index (χ4n) is 0.232. The molecular weight excluding hydrogens is 180 g/mol. The molecule has 0 bridgehead atoms. The summed E-state index contributed by atoms with van der Waals surface area (Å²) in [6.45, 7) is 9.11. The molecule has 54 valence electrons. The Morgan fingerprint density at radius 3 is 2.00 bits per heavy atom. The zero-order valence-electron chi connectivity index (χ0n) is 5.55. The lowest BCUT2D eigenvalue weighted by molar-refractivity contribution is 0.824. The van der Waals surface area contributed by atoms with E-state index in [1.54, 1.807) is 6.08 Å². The molecule has 9 heavy (non-hydrogen) atoms. The molecular formula is C7H13BrO. The highest BCUT2D eigenvalue weighted by Crippen LogP contribution is 1.86. The standard InChI is InChI=1S/C7H10.BrH.H2O/c1-4-5-6-7(2)3;;/h4-6H,1-2H2,3H3;1H;1H2/b6-5-;;. The molecule has 0 unspecified atom stereocenters. The van der Waals surface area contributed by atoms with Gasteiger partial charge < -0.3 is 5.48 Å². The lowest BCUT2D eigenvalue weighted by Gasteiger charge is -1.77. The van der Waals surface area contributed by atoms with Gasteiger partial charge in [-0.05, 0) is 6.92 Å². The van der Waals surface area contributed by atoms with Crippen LogP contribution in [-0.4, -0.2) is 5.48 Å². The molecule has 0 aromatic carbocycles. The molecule has 0 heterocycles. The highest BCUT2D eigenvalue weighted by Gasteiger charge is 1.65. The summed E-state index contributed by atoms with van der Waals surface area (Å²) in [5, 5.41) is 0. The maximum absolute atomic E-state index is 3.66. The number of hydrogen-bond donors (Lipinski definition) is 0. The van der Waals surface area contributed by atoms with E-state index < -0.39 is 0 Å². The quantitative estimate of drug-likeness (QED) is 0.601. The molecule has 0 radical (unpaired) electrons. The lowest BCUT2D eigenvalue weighted by atomic mass is 10.3. The molecule has 0 fully saturated rings. The highest BCUT2D eigenvalue weighted by molar-refractivity contribution is 8.93. The van der Waals surface area contributed by atoms with Crippen molar-refractivity contribution in [2.24, 2.45) is 0 Å². The van der Waals surface area contributed by atoms with E-state index in [4.69, 9.17) is 0 Å². The minimum Gasteiger partial charge on any atom is -0.412 e. The monoisotopic (exact) mass is 192 g/mol. The highest BCUT2D eigenvalue weighted by atomic mass is 79.9. The van der Waals surface area contributed by atoms with Crippen molar-refractivity contribution in [1.29, 1.82) is 0 Å². The predicted molar refractivity (Wildman–Crippen MR) is 48.1 cm³/mol. The van der Waals surface area contributed by atoms with Gasteiger partial charge in [0.15, 0.2) is 0 Å². The average Bonchev–Trinajstić information content (AvgIpc) is 1.61. The normalized spacial score (nSPS) is 7.22. The van der Waals surface area contributed by atoms with Gasteiger partial charge in [0.2, 0.25) is 0 Å². The van der Waals surface area contributed by atoms with Crippen LogP contribution in [-0.2, 0) is 0 Å². The van der Waals surface area contributed by atoms with E-state index in [-0.39, 0.29) is 22.5 Å². The van der Waals surface area contributed by atoms with Crippen molar-refractivity contribution in [2.45, 2.75) is 6.92 Å². The van der Waals surface area contributed by atoms with Gasteiger partial charge in [-0.15, -0.1) is 17.0 Å². The Kier molecular flexibility index (Phi) is 18.7. The fourth-order valence-corrected chi connectivity index (χ4v) is 0.232. The van der Waals surface area contributed by atoms with E-state index >= 15 is 0 Å². The molecule has 2 N–H and O–H groups in total. The largest absolute Gasteiger partial charge is 0.412 e. The summed E-state index contributed by atoms with van der Waals surface area (Å²) >= 11 is 0. The fraction of sp³-hybridized carbons (Fsp3) is 0.143. The van der Waals surface area contributed by atoms with Gasteiger partial charge in [0, 0.05) is 0 Å². The maximum Gasteiger partial charge on any atom is -0.0404 e. The van der Waals surface area contributed by atoms with E-state index in [0.29, 0.717) is 0 Å². The topological polar surface area (TPSA) is 31.5 Å². The van der Waals surface area contributed by atoms with Crippen molar-refractivity contribution in [3.8, 4) is 0 Å². The van der Waals surface area contributed by atoms with Crippen molar-refractivity contribution in [1.82, 2.24) is 0 Å². The Morgan fingerprint density at radius 2 is 1.89 bits per heavy atom. The minimum atomic E-state index is 0. The molecule has 0 saturated carbocycles. The van der Waals surface area contributed by atoms with Crippen LogP contribution >= 0.6 is 17.0 Å². The Hall–Kier alpha value is -0.340. The summed E-state index contributed by atoms with van der Waals surface area (Å²) in [4.78, 5) is 0. The van der Waals surface area contributed by atoms with Gasteiger partial charge >= 0.3 is 0 Å². The Morgan fingerprint density at radius 1 is 1.44 bits per heavy atom. The molecule has 0 saturated heterocycles. The summed E-state index contributed by atoms with van der Waals surface area (Å²) in [7, 11) is 0. The van der Waals surface area contributed by atoms with Crippen LogP contribution in [0.15, 0.2) is 37.0 Å². The van der Waals surface area contributed by atoms with Crippen molar-refractivity contribution >= 4 is 17.0 Å². The first kappa shape index (κ1) is 15.9. The third kappa shape index (κ3) is 18.3. The van der Waals surface area contributed by atoms with Crippen LogP contribution in [0, 0.1) is 0 Å². The van der Waals surface area contributed by atoms with Crippen LogP contribution in [0.5, 0.6) is 0 Å². The SMILES string of the molecule is Br.C=C/C=C\C(=C)C.O. The first-order valence-corrected chi connectivity index (χ1v) is 2.22. The molecule has 1 nitrogen and oxygen atoms in total. The van der Waals surface area contributed by atoms with E-state index in [9.17, 15) is 0 Å². The second kappa shape index (κ2) is 10.6. The molecule has 2 heteroatoms. The second-order valence-corrected chi connectivity index (χ2v) is 1.44. The second-order valence-electron chi connectivity index (χ2n) is 1.44. The Labute approximate surface area is 66.9 Å². The van der Waals surface area contributed by atoms with Crippen LogP contribution in [0.1, 0.15) is 6.92 Å². The van der Waals surface area contributed by atoms with Crippen LogP contribution in [0.2, 0.25) is 0 Å². The number of halogens is 1. The van der Waals surface area contributed by atoms with Crippen LogP contribution in [0.4, 0.5) is 0 Å². The lowest BCUT2D eigenvalue weighted by Crippen LogP contribution is -1.55. The smallest absolute Gasteiger partial charge is 0.0404 e. The Balaban J connectivity index is -0.000000180. The van der Waals surface area contributed by atoms with E-state index in [2.05, 4.69) is 13.2 Å². The summed E-state index contributed by atoms with van der Waals surface area (Å²) in [6.07, 6.45) is 5.50. The van der Waals surface area contributed by atoms with Gasteiger partial charge in [-0.3, -0.25) is 0 Å². The maximum atomic E-state index is 3.66. The summed E-state index contributed by atoms with van der Waals surface area (Å²) in [5.74, 6) is 0. The molecule has 0 rings (SSSR count). The van der Waals surface area contributed by atoms with Crippen molar-refractivity contribution in [3.63, 3.8) is 0 Å². The molecule has 0 aliphatic carbocycles. The summed E-state index contributed by atoms with van der Waals surface area (Å²) < 4.78 is 0. The predicted octanol–water partition coefficient (Wildman–Crippen LogP) is 2.06. The van der Waals surface area contributed by atoms with E-state index in [1.807, 2.05) is 19.1 Å². The average molecular weight is 193 g/mol. The minimum absolute atomic E-state index is 0. The zero-order chi connectivity index (χ0) is 5.70. The van der Waals surface area contributed by atoms with Gasteiger partial charge in [-0.2, -0.15) is 0 Å². The third-order valence-electron chi connectivity index (χ3n) is 0.517. The van der Waals surface area contributed by atoms with Gasteiger partial charge in [0.25, 0.3) is 0 Å². The van der Waals surface area contributed by atoms with Crippen molar-refractivity contribution in [3.05, 3.63) is 37.0 Å². The molecule has 0 amide bonds. The molecule has 0 aromatic rings. The first-order chi connectivity index (χ1) is 3.27. The van der Waals surface area contributed by atoms with Gasteiger partial charge in [0.05, 0.1) is 0 Å². The van der Waals surface area contributed by atoms with Gasteiger partial charge in [-0.25, -0.2) is 0 Å². The van der Waals surface area contributed by atoms with Gasteiger partial charge in [-0.1, -0.05) is 37.0 Å². The van der Waals surface area contributed by atoms with Crippen LogP contribution in [0.3, 0.4) is 0 Å².